The molecule has 2 aromatic rings. The van der Waals surface area contributed by atoms with Gasteiger partial charge in [-0.05, 0) is 44.7 Å². The molecule has 0 spiro atoms. The second kappa shape index (κ2) is 9.20. The lowest BCUT2D eigenvalue weighted by Gasteiger charge is -2.22. The van der Waals surface area contributed by atoms with E-state index in [-0.39, 0.29) is 17.9 Å². The van der Waals surface area contributed by atoms with Crippen molar-refractivity contribution in [1.29, 1.82) is 0 Å². The van der Waals surface area contributed by atoms with Crippen LogP contribution in [0.1, 0.15) is 50.9 Å². The SMILES string of the molecule is CCn1c(CN2CCCCCC2=O)nnc1SCC(=O)N1c2ccccc2CC1C. The fraction of sp³-hybridized carbons (Fsp3) is 0.545. The predicted octanol–water partition coefficient (Wildman–Crippen LogP) is 3.27. The maximum absolute atomic E-state index is 13.0. The number of nitrogens with zero attached hydrogens (tertiary/aromatic N) is 5. The van der Waals surface area contributed by atoms with Crippen LogP contribution in [-0.2, 0) is 29.1 Å². The van der Waals surface area contributed by atoms with Crippen LogP contribution in [0.4, 0.5) is 5.69 Å². The van der Waals surface area contributed by atoms with Crippen LogP contribution in [0.3, 0.4) is 0 Å². The topological polar surface area (TPSA) is 71.3 Å². The summed E-state index contributed by atoms with van der Waals surface area (Å²) in [5.41, 5.74) is 2.25. The van der Waals surface area contributed by atoms with Crippen molar-refractivity contribution in [2.75, 3.05) is 17.2 Å². The Bertz CT molecular complexity index is 928. The van der Waals surface area contributed by atoms with Crippen LogP contribution in [0.25, 0.3) is 0 Å². The first-order valence-corrected chi connectivity index (χ1v) is 11.8. The minimum atomic E-state index is 0.0901. The summed E-state index contributed by atoms with van der Waals surface area (Å²) < 4.78 is 2.03. The summed E-state index contributed by atoms with van der Waals surface area (Å²) in [4.78, 5) is 29.1. The standard InChI is InChI=1S/C22H29N5O2S/c1-3-26-19(14-25-12-8-4-5-11-20(25)28)23-24-22(26)30-15-21(29)27-16(2)13-17-9-6-7-10-18(17)27/h6-7,9-10,16H,3-5,8,11-15H2,1-2H3. The molecule has 3 heterocycles. The van der Waals surface area contributed by atoms with E-state index in [0.717, 1.165) is 48.9 Å². The monoisotopic (exact) mass is 427 g/mol. The Morgan fingerprint density at radius 3 is 2.87 bits per heavy atom. The molecule has 160 valence electrons. The number of para-hydroxylation sites is 1. The van der Waals surface area contributed by atoms with E-state index in [1.807, 2.05) is 39.5 Å². The molecule has 1 atom stereocenters. The molecule has 1 aromatic carbocycles. The van der Waals surface area contributed by atoms with E-state index in [1.165, 1.54) is 17.3 Å². The van der Waals surface area contributed by atoms with Crippen LogP contribution in [-0.4, -0.2) is 49.8 Å². The summed E-state index contributed by atoms with van der Waals surface area (Å²) in [5, 5.41) is 9.42. The molecule has 2 aliphatic rings. The van der Waals surface area contributed by atoms with Crippen LogP contribution >= 0.6 is 11.8 Å². The molecule has 30 heavy (non-hydrogen) atoms. The predicted molar refractivity (Wildman–Crippen MR) is 117 cm³/mol. The number of thioether (sulfide) groups is 1. The van der Waals surface area contributed by atoms with Gasteiger partial charge in [0.05, 0.1) is 12.3 Å². The zero-order valence-corrected chi connectivity index (χ0v) is 18.5. The Hall–Kier alpha value is -2.35. The second-order valence-electron chi connectivity index (χ2n) is 8.00. The van der Waals surface area contributed by atoms with Gasteiger partial charge in [0.2, 0.25) is 11.8 Å². The summed E-state index contributed by atoms with van der Waals surface area (Å²) in [6, 6.07) is 8.29. The Kier molecular flexibility index (Phi) is 6.41. The first-order valence-electron chi connectivity index (χ1n) is 10.8. The Morgan fingerprint density at radius 2 is 2.03 bits per heavy atom. The van der Waals surface area contributed by atoms with Crippen LogP contribution < -0.4 is 4.90 Å². The summed E-state index contributed by atoms with van der Waals surface area (Å²) in [6.45, 7) is 6.12. The molecule has 1 fully saturated rings. The fourth-order valence-electron chi connectivity index (χ4n) is 4.38. The highest BCUT2D eigenvalue weighted by Gasteiger charge is 2.30. The number of anilines is 1. The third-order valence-corrected chi connectivity index (χ3v) is 6.87. The van der Waals surface area contributed by atoms with Gasteiger partial charge in [0, 0.05) is 31.2 Å². The van der Waals surface area contributed by atoms with Crippen molar-refractivity contribution in [1.82, 2.24) is 19.7 Å². The van der Waals surface area contributed by atoms with Crippen molar-refractivity contribution < 1.29 is 9.59 Å². The number of rotatable bonds is 6. The highest BCUT2D eigenvalue weighted by atomic mass is 32.2. The number of carbonyl (C=O) groups is 2. The van der Waals surface area contributed by atoms with Crippen molar-refractivity contribution >= 4 is 29.3 Å². The molecule has 0 N–H and O–H groups in total. The van der Waals surface area contributed by atoms with Crippen molar-refractivity contribution in [2.24, 2.45) is 0 Å². The lowest BCUT2D eigenvalue weighted by molar-refractivity contribution is -0.131. The van der Waals surface area contributed by atoms with Crippen LogP contribution in [0, 0.1) is 0 Å². The lowest BCUT2D eigenvalue weighted by Crippen LogP contribution is -2.37. The van der Waals surface area contributed by atoms with Crippen LogP contribution in [0.2, 0.25) is 0 Å². The highest BCUT2D eigenvalue weighted by Crippen LogP contribution is 2.32. The molecule has 1 aromatic heterocycles. The summed E-state index contributed by atoms with van der Waals surface area (Å²) in [6.07, 6.45) is 4.62. The van der Waals surface area contributed by atoms with E-state index < -0.39 is 0 Å². The van der Waals surface area contributed by atoms with Gasteiger partial charge in [0.25, 0.3) is 0 Å². The van der Waals surface area contributed by atoms with Crippen molar-refractivity contribution in [3.8, 4) is 0 Å². The van der Waals surface area contributed by atoms with Gasteiger partial charge in [-0.25, -0.2) is 0 Å². The molecule has 0 saturated carbocycles. The molecule has 1 saturated heterocycles. The molecule has 4 rings (SSSR count). The van der Waals surface area contributed by atoms with Crippen LogP contribution in [0.5, 0.6) is 0 Å². The molecular weight excluding hydrogens is 398 g/mol. The van der Waals surface area contributed by atoms with E-state index in [9.17, 15) is 9.59 Å². The minimum Gasteiger partial charge on any atom is -0.335 e. The van der Waals surface area contributed by atoms with Gasteiger partial charge in [-0.1, -0.05) is 36.4 Å². The average Bonchev–Trinajstić information content (AvgIpc) is 3.22. The van der Waals surface area contributed by atoms with Gasteiger partial charge >= 0.3 is 0 Å². The maximum Gasteiger partial charge on any atom is 0.237 e. The van der Waals surface area contributed by atoms with Crippen molar-refractivity contribution in [3.05, 3.63) is 35.7 Å². The molecule has 2 amide bonds. The summed E-state index contributed by atoms with van der Waals surface area (Å²) in [7, 11) is 0. The van der Waals surface area contributed by atoms with E-state index >= 15 is 0 Å². The lowest BCUT2D eigenvalue weighted by atomic mass is 10.1. The molecule has 8 heteroatoms. The molecular formula is C22H29N5O2S. The molecule has 0 aliphatic carbocycles. The molecule has 1 unspecified atom stereocenters. The van der Waals surface area contributed by atoms with E-state index in [4.69, 9.17) is 0 Å². The van der Waals surface area contributed by atoms with Gasteiger partial charge in [0.1, 0.15) is 0 Å². The Morgan fingerprint density at radius 1 is 1.20 bits per heavy atom. The average molecular weight is 428 g/mol. The molecule has 2 aliphatic heterocycles. The summed E-state index contributed by atoms with van der Waals surface area (Å²) in [5.74, 6) is 1.40. The Labute approximate surface area is 181 Å². The zero-order chi connectivity index (χ0) is 21.1. The van der Waals surface area contributed by atoms with Crippen LogP contribution in [0.15, 0.2) is 29.4 Å². The zero-order valence-electron chi connectivity index (χ0n) is 17.7. The number of aromatic nitrogens is 3. The third-order valence-electron chi connectivity index (χ3n) is 5.91. The van der Waals surface area contributed by atoms with Crippen molar-refractivity contribution in [2.45, 2.75) is 70.2 Å². The first-order chi connectivity index (χ1) is 14.6. The number of likely N-dealkylation sites (tertiary alicyclic amines) is 1. The van der Waals surface area contributed by atoms with E-state index in [2.05, 4.69) is 23.2 Å². The largest absolute Gasteiger partial charge is 0.335 e. The number of hydrogen-bond donors (Lipinski definition) is 0. The normalized spacial score (nSPS) is 19.1. The smallest absolute Gasteiger partial charge is 0.237 e. The number of fused-ring (bicyclic) bond motifs is 1. The quantitative estimate of drug-likeness (QED) is 0.662. The number of hydrogen-bond acceptors (Lipinski definition) is 5. The fourth-order valence-corrected chi connectivity index (χ4v) is 5.26. The maximum atomic E-state index is 13.0. The molecule has 7 nitrogen and oxygen atoms in total. The van der Waals surface area contributed by atoms with Gasteiger partial charge in [-0.15, -0.1) is 10.2 Å². The number of benzene rings is 1. The van der Waals surface area contributed by atoms with Crippen molar-refractivity contribution in [3.63, 3.8) is 0 Å². The van der Waals surface area contributed by atoms with E-state index in [1.54, 1.807) is 0 Å². The molecule has 0 bridgehead atoms. The minimum absolute atomic E-state index is 0.0901. The van der Waals surface area contributed by atoms with Gasteiger partial charge in [0.15, 0.2) is 11.0 Å². The van der Waals surface area contributed by atoms with Gasteiger partial charge in [-0.3, -0.25) is 9.59 Å². The summed E-state index contributed by atoms with van der Waals surface area (Å²) >= 11 is 1.43. The highest BCUT2D eigenvalue weighted by molar-refractivity contribution is 7.99. The first kappa shape index (κ1) is 20.9. The number of carbonyl (C=O) groups excluding carboxylic acids is 2. The number of amides is 2. The Balaban J connectivity index is 1.43. The van der Waals surface area contributed by atoms with Gasteiger partial charge in [-0.2, -0.15) is 0 Å². The molecule has 0 radical (unpaired) electrons. The van der Waals surface area contributed by atoms with Gasteiger partial charge < -0.3 is 14.4 Å². The van der Waals surface area contributed by atoms with E-state index in [0.29, 0.717) is 25.3 Å². The third kappa shape index (κ3) is 4.24. The second-order valence-corrected chi connectivity index (χ2v) is 8.95.